The summed E-state index contributed by atoms with van der Waals surface area (Å²) in [5.74, 6) is -0.242. The first-order chi connectivity index (χ1) is 15.3. The first kappa shape index (κ1) is 23.3. The Hall–Kier alpha value is -1.91. The summed E-state index contributed by atoms with van der Waals surface area (Å²) >= 11 is 13.1. The van der Waals surface area contributed by atoms with Gasteiger partial charge in [-0.25, -0.2) is 13.4 Å². The normalized spacial score (nSPS) is 15.7. The highest BCUT2D eigenvalue weighted by Gasteiger charge is 2.25. The SMILES string of the molecule is O=C(NC1CCN(CS(=O)(=O)COc2ccc(Cl)cc2)CC1)c1nc2cc(Cl)ccc2s1. The van der Waals surface area contributed by atoms with Crippen LogP contribution in [0.3, 0.4) is 0 Å². The fourth-order valence-corrected chi connectivity index (χ4v) is 5.80. The number of carbonyl (C=O) groups is 1. The molecule has 0 saturated carbocycles. The minimum atomic E-state index is -3.43. The summed E-state index contributed by atoms with van der Waals surface area (Å²) in [6, 6.07) is 11.9. The number of fused-ring (bicyclic) bond motifs is 1. The van der Waals surface area contributed by atoms with Crippen LogP contribution in [0, 0.1) is 0 Å². The highest BCUT2D eigenvalue weighted by Crippen LogP contribution is 2.25. The van der Waals surface area contributed by atoms with Crippen LogP contribution in [0.4, 0.5) is 0 Å². The number of likely N-dealkylation sites (tertiary alicyclic amines) is 1. The number of nitrogens with zero attached hydrogens (tertiary/aromatic N) is 2. The third-order valence-corrected chi connectivity index (χ3v) is 7.82. The lowest BCUT2D eigenvalue weighted by atomic mass is 10.1. The van der Waals surface area contributed by atoms with E-state index in [-0.39, 0.29) is 17.8 Å². The Balaban J connectivity index is 1.25. The molecule has 0 spiro atoms. The van der Waals surface area contributed by atoms with Gasteiger partial charge in [-0.1, -0.05) is 23.2 Å². The number of ether oxygens (including phenoxy) is 1. The van der Waals surface area contributed by atoms with Gasteiger partial charge in [0.15, 0.2) is 20.8 Å². The van der Waals surface area contributed by atoms with Gasteiger partial charge in [-0.2, -0.15) is 0 Å². The van der Waals surface area contributed by atoms with Gasteiger partial charge in [-0.05, 0) is 55.3 Å². The minimum Gasteiger partial charge on any atom is -0.478 e. The molecule has 0 aliphatic carbocycles. The molecule has 1 aromatic heterocycles. The second kappa shape index (κ2) is 9.93. The number of hydrogen-bond acceptors (Lipinski definition) is 7. The van der Waals surface area contributed by atoms with E-state index in [0.29, 0.717) is 52.3 Å². The maximum absolute atomic E-state index is 12.6. The molecule has 11 heteroatoms. The zero-order chi connectivity index (χ0) is 22.7. The molecular weight excluding hydrogens is 493 g/mol. The van der Waals surface area contributed by atoms with Crippen molar-refractivity contribution in [2.75, 3.05) is 24.9 Å². The highest BCUT2D eigenvalue weighted by atomic mass is 35.5. The van der Waals surface area contributed by atoms with E-state index in [1.54, 1.807) is 36.4 Å². The molecule has 2 aromatic carbocycles. The molecule has 170 valence electrons. The zero-order valence-electron chi connectivity index (χ0n) is 17.0. The number of aromatic nitrogens is 1. The van der Waals surface area contributed by atoms with E-state index in [0.717, 1.165) is 4.70 Å². The summed E-state index contributed by atoms with van der Waals surface area (Å²) in [6.07, 6.45) is 1.33. The number of thiazole rings is 1. The summed E-state index contributed by atoms with van der Waals surface area (Å²) in [5.41, 5.74) is 0.702. The summed E-state index contributed by atoms with van der Waals surface area (Å²) in [7, 11) is -3.43. The lowest BCUT2D eigenvalue weighted by Crippen LogP contribution is -2.46. The van der Waals surface area contributed by atoms with E-state index in [1.807, 2.05) is 11.0 Å². The van der Waals surface area contributed by atoms with Crippen LogP contribution in [0.15, 0.2) is 42.5 Å². The van der Waals surface area contributed by atoms with Crippen LogP contribution in [-0.4, -0.2) is 55.2 Å². The van der Waals surface area contributed by atoms with Gasteiger partial charge in [0, 0.05) is 29.2 Å². The maximum Gasteiger partial charge on any atom is 0.280 e. The van der Waals surface area contributed by atoms with Crippen molar-refractivity contribution < 1.29 is 17.9 Å². The van der Waals surface area contributed by atoms with Crippen molar-refractivity contribution in [3.63, 3.8) is 0 Å². The van der Waals surface area contributed by atoms with E-state index in [1.165, 1.54) is 11.3 Å². The van der Waals surface area contributed by atoms with Crippen molar-refractivity contribution in [3.8, 4) is 5.75 Å². The molecule has 4 rings (SSSR count). The maximum atomic E-state index is 12.6. The number of halogens is 2. The van der Waals surface area contributed by atoms with Gasteiger partial charge in [0.05, 0.1) is 10.2 Å². The lowest BCUT2D eigenvalue weighted by molar-refractivity contribution is 0.0915. The van der Waals surface area contributed by atoms with Crippen molar-refractivity contribution in [1.82, 2.24) is 15.2 Å². The van der Waals surface area contributed by atoms with Gasteiger partial charge < -0.3 is 10.1 Å². The van der Waals surface area contributed by atoms with Gasteiger partial charge in [0.2, 0.25) is 0 Å². The van der Waals surface area contributed by atoms with E-state index in [2.05, 4.69) is 10.3 Å². The summed E-state index contributed by atoms with van der Waals surface area (Å²) < 4.78 is 31.1. The second-order valence-electron chi connectivity index (χ2n) is 7.59. The number of hydrogen-bond donors (Lipinski definition) is 1. The van der Waals surface area contributed by atoms with Gasteiger partial charge >= 0.3 is 0 Å². The van der Waals surface area contributed by atoms with Crippen molar-refractivity contribution in [1.29, 1.82) is 0 Å². The molecule has 0 radical (unpaired) electrons. The largest absolute Gasteiger partial charge is 0.478 e. The van der Waals surface area contributed by atoms with E-state index in [9.17, 15) is 13.2 Å². The quantitative estimate of drug-likeness (QED) is 0.509. The Kier molecular flexibility index (Phi) is 7.21. The van der Waals surface area contributed by atoms with Crippen molar-refractivity contribution in [2.45, 2.75) is 18.9 Å². The highest BCUT2D eigenvalue weighted by molar-refractivity contribution is 7.91. The van der Waals surface area contributed by atoms with Gasteiger partial charge in [-0.15, -0.1) is 11.3 Å². The Morgan fingerprint density at radius 3 is 2.53 bits per heavy atom. The van der Waals surface area contributed by atoms with Crippen LogP contribution in [0.25, 0.3) is 10.2 Å². The Morgan fingerprint density at radius 2 is 1.81 bits per heavy atom. The van der Waals surface area contributed by atoms with Crippen LogP contribution in [0.5, 0.6) is 5.75 Å². The average Bonchev–Trinajstić information content (AvgIpc) is 3.18. The van der Waals surface area contributed by atoms with Crippen LogP contribution in [-0.2, 0) is 9.84 Å². The summed E-state index contributed by atoms with van der Waals surface area (Å²) in [6.45, 7) is 1.14. The summed E-state index contributed by atoms with van der Waals surface area (Å²) in [5, 5.41) is 4.54. The average molecular weight is 514 g/mol. The molecular formula is C21H21Cl2N3O4S2. The third-order valence-electron chi connectivity index (χ3n) is 5.06. The van der Waals surface area contributed by atoms with Crippen LogP contribution >= 0.6 is 34.5 Å². The number of carbonyl (C=O) groups excluding carboxylic acids is 1. The fraction of sp³-hybridized carbons (Fsp3) is 0.333. The van der Waals surface area contributed by atoms with Crippen LogP contribution in [0.1, 0.15) is 22.6 Å². The number of rotatable bonds is 7. The van der Waals surface area contributed by atoms with Crippen molar-refractivity contribution in [3.05, 3.63) is 57.5 Å². The molecule has 0 atom stereocenters. The Morgan fingerprint density at radius 1 is 1.12 bits per heavy atom. The fourth-order valence-electron chi connectivity index (χ4n) is 3.46. The Bertz CT molecular complexity index is 1210. The second-order valence-corrected chi connectivity index (χ2v) is 11.5. The smallest absolute Gasteiger partial charge is 0.280 e. The topological polar surface area (TPSA) is 88.6 Å². The predicted molar refractivity (Wildman–Crippen MR) is 127 cm³/mol. The first-order valence-corrected chi connectivity index (χ1v) is 13.3. The van der Waals surface area contributed by atoms with Gasteiger partial charge in [0.25, 0.3) is 5.91 Å². The molecule has 1 saturated heterocycles. The molecule has 2 heterocycles. The number of nitrogens with one attached hydrogen (secondary N) is 1. The first-order valence-electron chi connectivity index (χ1n) is 9.95. The molecule has 1 aliphatic rings. The zero-order valence-corrected chi connectivity index (χ0v) is 20.1. The molecule has 7 nitrogen and oxygen atoms in total. The van der Waals surface area contributed by atoms with Gasteiger partial charge in [0.1, 0.15) is 11.6 Å². The van der Waals surface area contributed by atoms with Crippen LogP contribution < -0.4 is 10.1 Å². The predicted octanol–water partition coefficient (Wildman–Crippen LogP) is 4.21. The molecule has 32 heavy (non-hydrogen) atoms. The van der Waals surface area contributed by atoms with Gasteiger partial charge in [-0.3, -0.25) is 9.69 Å². The lowest BCUT2D eigenvalue weighted by Gasteiger charge is -2.31. The molecule has 0 bridgehead atoms. The molecule has 1 N–H and O–H groups in total. The number of amides is 1. The third kappa shape index (κ3) is 6.11. The van der Waals surface area contributed by atoms with Crippen molar-refractivity contribution >= 4 is 60.5 Å². The van der Waals surface area contributed by atoms with Crippen LogP contribution in [0.2, 0.25) is 10.0 Å². The standard InChI is InChI=1S/C21H21Cl2N3O4S2/c22-14-1-4-17(5-2-14)30-13-32(28,29)12-26-9-7-16(8-10-26)24-20(27)21-25-18-11-15(23)3-6-19(18)31-21/h1-6,11,16H,7-10,12-13H2,(H,24,27). The monoisotopic (exact) mass is 513 g/mol. The van der Waals surface area contributed by atoms with Crippen molar-refractivity contribution in [2.24, 2.45) is 0 Å². The molecule has 0 unspecified atom stereocenters. The number of benzene rings is 2. The molecule has 1 amide bonds. The number of sulfone groups is 1. The minimum absolute atomic E-state index is 0.0256. The molecule has 1 aliphatic heterocycles. The Labute approximate surface area is 200 Å². The number of piperidine rings is 1. The summed E-state index contributed by atoms with van der Waals surface area (Å²) in [4.78, 5) is 18.8. The van der Waals surface area contributed by atoms with E-state index >= 15 is 0 Å². The van der Waals surface area contributed by atoms with E-state index in [4.69, 9.17) is 27.9 Å². The molecule has 1 fully saturated rings. The van der Waals surface area contributed by atoms with E-state index < -0.39 is 15.8 Å². The molecule has 3 aromatic rings.